The monoisotopic (exact) mass is 397 g/mol. The molecule has 0 bridgehead atoms. The van der Waals surface area contributed by atoms with Gasteiger partial charge in [-0.1, -0.05) is 12.8 Å². The Kier molecular flexibility index (Phi) is 6.21. The Morgan fingerprint density at radius 1 is 1.18 bits per heavy atom. The Labute approximate surface area is 171 Å². The van der Waals surface area contributed by atoms with Gasteiger partial charge in [-0.25, -0.2) is 4.98 Å². The quantitative estimate of drug-likeness (QED) is 0.692. The summed E-state index contributed by atoms with van der Waals surface area (Å²) in [4.78, 5) is 11.0. The Bertz CT molecular complexity index is 775. The lowest BCUT2D eigenvalue weighted by Gasteiger charge is -2.33. The van der Waals surface area contributed by atoms with Crippen LogP contribution in [0.2, 0.25) is 0 Å². The molecule has 0 aromatic carbocycles. The van der Waals surface area contributed by atoms with Crippen LogP contribution in [0.1, 0.15) is 32.1 Å². The minimum atomic E-state index is 0.367. The fourth-order valence-corrected chi connectivity index (χ4v) is 3.74. The van der Waals surface area contributed by atoms with Gasteiger partial charge in [0.2, 0.25) is 0 Å². The van der Waals surface area contributed by atoms with E-state index in [1.165, 1.54) is 19.3 Å². The highest BCUT2D eigenvalue weighted by Gasteiger charge is 2.22. The average Bonchev–Trinajstić information content (AvgIpc) is 3.54. The van der Waals surface area contributed by atoms with Gasteiger partial charge in [0.15, 0.2) is 5.11 Å². The maximum absolute atomic E-state index is 5.91. The molecule has 2 N–H and O–H groups in total. The van der Waals surface area contributed by atoms with Crippen molar-refractivity contribution in [2.75, 3.05) is 29.9 Å². The molecule has 0 radical (unpaired) electrons. The largest absolute Gasteiger partial charge is 0.493 e. The van der Waals surface area contributed by atoms with Gasteiger partial charge >= 0.3 is 0 Å². The highest BCUT2D eigenvalue weighted by Crippen LogP contribution is 2.32. The molecule has 2 aromatic heterocycles. The smallest absolute Gasteiger partial charge is 0.171 e. The fourth-order valence-electron chi connectivity index (χ4n) is 3.45. The zero-order valence-corrected chi connectivity index (χ0v) is 16.8. The van der Waals surface area contributed by atoms with E-state index in [4.69, 9.17) is 17.0 Å². The maximum Gasteiger partial charge on any atom is 0.171 e. The van der Waals surface area contributed by atoms with Gasteiger partial charge < -0.3 is 20.3 Å². The van der Waals surface area contributed by atoms with Crippen molar-refractivity contribution in [2.45, 2.75) is 38.1 Å². The van der Waals surface area contributed by atoms with Gasteiger partial charge in [0.1, 0.15) is 11.6 Å². The first-order valence-electron chi connectivity index (χ1n) is 10.1. The van der Waals surface area contributed by atoms with Crippen molar-refractivity contribution < 1.29 is 4.74 Å². The molecule has 1 aliphatic heterocycles. The molecule has 2 aromatic rings. The second kappa shape index (κ2) is 9.19. The molecule has 2 aliphatic rings. The van der Waals surface area contributed by atoms with Crippen molar-refractivity contribution in [1.29, 1.82) is 0 Å². The summed E-state index contributed by atoms with van der Waals surface area (Å²) in [5, 5.41) is 7.25. The zero-order chi connectivity index (χ0) is 19.2. The van der Waals surface area contributed by atoms with Gasteiger partial charge in [0, 0.05) is 37.6 Å². The number of thiocarbonyl (C=S) groups is 1. The van der Waals surface area contributed by atoms with Crippen LogP contribution in [0.25, 0.3) is 0 Å². The van der Waals surface area contributed by atoms with E-state index in [9.17, 15) is 0 Å². The molecule has 148 valence electrons. The van der Waals surface area contributed by atoms with Crippen LogP contribution in [0.4, 0.5) is 11.5 Å². The van der Waals surface area contributed by atoms with Gasteiger partial charge in [-0.05, 0) is 55.6 Å². The fraction of sp³-hybridized carbons (Fsp3) is 0.476. The minimum Gasteiger partial charge on any atom is -0.493 e. The van der Waals surface area contributed by atoms with E-state index in [2.05, 4.69) is 31.6 Å². The molecular weight excluding hydrogens is 370 g/mol. The number of piperidine rings is 1. The molecule has 6 nitrogen and oxygen atoms in total. The van der Waals surface area contributed by atoms with Crippen LogP contribution < -0.4 is 20.3 Å². The van der Waals surface area contributed by atoms with Crippen molar-refractivity contribution in [3.63, 3.8) is 0 Å². The Balaban J connectivity index is 1.22. The maximum atomic E-state index is 5.91. The molecule has 3 heterocycles. The number of nitrogens with zero attached hydrogens (tertiary/aromatic N) is 3. The lowest BCUT2D eigenvalue weighted by molar-refractivity contribution is 0.302. The van der Waals surface area contributed by atoms with E-state index in [-0.39, 0.29) is 0 Å². The third-order valence-corrected chi connectivity index (χ3v) is 5.50. The number of pyridine rings is 2. The Hall–Kier alpha value is -2.41. The summed E-state index contributed by atoms with van der Waals surface area (Å²) in [7, 11) is 0. The van der Waals surface area contributed by atoms with E-state index in [1.54, 1.807) is 12.4 Å². The second-order valence-corrected chi connectivity index (χ2v) is 7.94. The van der Waals surface area contributed by atoms with Crippen LogP contribution in [0.15, 0.2) is 42.9 Å². The summed E-state index contributed by atoms with van der Waals surface area (Å²) in [6.07, 6.45) is 11.3. The Morgan fingerprint density at radius 2 is 2.04 bits per heavy atom. The third-order valence-electron chi connectivity index (χ3n) is 5.28. The van der Waals surface area contributed by atoms with Crippen molar-refractivity contribution in [1.82, 2.24) is 15.3 Å². The summed E-state index contributed by atoms with van der Waals surface area (Å²) in [6, 6.07) is 8.23. The second-order valence-electron chi connectivity index (χ2n) is 7.53. The normalized spacial score (nSPS) is 17.2. The molecule has 0 amide bonds. The van der Waals surface area contributed by atoms with E-state index in [0.717, 1.165) is 55.7 Å². The molecule has 4 rings (SSSR count). The first kappa shape index (κ1) is 18.9. The van der Waals surface area contributed by atoms with E-state index < -0.39 is 0 Å². The van der Waals surface area contributed by atoms with Crippen LogP contribution in [0, 0.1) is 5.92 Å². The molecule has 1 aliphatic carbocycles. The number of nitrogens with one attached hydrogen (secondary N) is 2. The molecule has 0 spiro atoms. The van der Waals surface area contributed by atoms with Gasteiger partial charge in [0.25, 0.3) is 0 Å². The van der Waals surface area contributed by atoms with Gasteiger partial charge in [0.05, 0.1) is 18.5 Å². The number of ether oxygens (including phenoxy) is 1. The van der Waals surface area contributed by atoms with Gasteiger partial charge in [-0.15, -0.1) is 0 Å². The molecule has 28 heavy (non-hydrogen) atoms. The topological polar surface area (TPSA) is 62.3 Å². The first-order valence-corrected chi connectivity index (χ1v) is 10.5. The lowest BCUT2D eigenvalue weighted by Crippen LogP contribution is -2.46. The summed E-state index contributed by atoms with van der Waals surface area (Å²) >= 11 is 5.43. The average molecular weight is 398 g/mol. The van der Waals surface area contributed by atoms with E-state index in [0.29, 0.717) is 11.2 Å². The summed E-state index contributed by atoms with van der Waals surface area (Å²) in [6.45, 7) is 2.71. The predicted molar refractivity (Wildman–Crippen MR) is 116 cm³/mol. The van der Waals surface area contributed by atoms with Crippen LogP contribution >= 0.6 is 12.2 Å². The van der Waals surface area contributed by atoms with Crippen molar-refractivity contribution in [3.8, 4) is 5.75 Å². The van der Waals surface area contributed by atoms with Crippen LogP contribution in [-0.2, 0) is 0 Å². The van der Waals surface area contributed by atoms with Gasteiger partial charge in [-0.2, -0.15) is 0 Å². The molecule has 0 unspecified atom stereocenters. The number of anilines is 2. The minimum absolute atomic E-state index is 0.367. The van der Waals surface area contributed by atoms with E-state index >= 15 is 0 Å². The zero-order valence-electron chi connectivity index (χ0n) is 16.0. The number of hydrogen-bond donors (Lipinski definition) is 2. The van der Waals surface area contributed by atoms with Crippen molar-refractivity contribution >= 4 is 28.8 Å². The Morgan fingerprint density at radius 3 is 2.79 bits per heavy atom. The number of hydrogen-bond acceptors (Lipinski definition) is 5. The predicted octanol–water partition coefficient (Wildman–Crippen LogP) is 3.61. The standard InChI is InChI=1S/C21H27N5OS/c28-21(25-18-2-1-9-22-15-18)24-17-6-11-26(12-7-17)20-14-19(5-10-23-20)27-13-8-16-3-4-16/h1-2,5,9-10,14-17H,3-4,6-8,11-13H2,(H2,24,25,28). The van der Waals surface area contributed by atoms with Crippen LogP contribution in [-0.4, -0.2) is 40.8 Å². The summed E-state index contributed by atoms with van der Waals surface area (Å²) < 4.78 is 5.91. The highest BCUT2D eigenvalue weighted by molar-refractivity contribution is 7.80. The van der Waals surface area contributed by atoms with Crippen molar-refractivity contribution in [3.05, 3.63) is 42.9 Å². The molecular formula is C21H27N5OS. The summed E-state index contributed by atoms with van der Waals surface area (Å²) in [5.41, 5.74) is 0.903. The highest BCUT2D eigenvalue weighted by atomic mass is 32.1. The molecule has 7 heteroatoms. The summed E-state index contributed by atoms with van der Waals surface area (Å²) in [5.74, 6) is 2.82. The molecule has 0 atom stereocenters. The SMILES string of the molecule is S=C(Nc1cccnc1)NC1CCN(c2cc(OCCC3CC3)ccn2)CC1. The lowest BCUT2D eigenvalue weighted by atomic mass is 10.1. The first-order chi connectivity index (χ1) is 13.8. The van der Waals surface area contributed by atoms with Crippen molar-refractivity contribution in [2.24, 2.45) is 5.92 Å². The number of aromatic nitrogens is 2. The van der Waals surface area contributed by atoms with Gasteiger partial charge in [-0.3, -0.25) is 4.98 Å². The number of rotatable bonds is 7. The van der Waals surface area contributed by atoms with E-state index in [1.807, 2.05) is 24.4 Å². The molecule has 1 saturated carbocycles. The third kappa shape index (κ3) is 5.55. The molecule has 2 fully saturated rings. The van der Waals surface area contributed by atoms with Crippen LogP contribution in [0.3, 0.4) is 0 Å². The molecule has 1 saturated heterocycles. The van der Waals surface area contributed by atoms with Crippen LogP contribution in [0.5, 0.6) is 5.75 Å².